The standard InChI is InChI=1S/C53H94O4/c1-4-6-8-10-12-14-16-18-20-22-24-26-28-30-32-34-36-38-40-42-44-46-48-50(54)51(55)49(53(57-3)52(48)56)47-45-43-41-39-37-35-33-31-29-27-25-23-21-19-17-15-13-11-9-7-5-2/h14-17,54H,4-13,18-47H2,1-3H3. The van der Waals surface area contributed by atoms with E-state index in [1.54, 1.807) is 0 Å². The summed E-state index contributed by atoms with van der Waals surface area (Å²) in [6.45, 7) is 4.54. The number of ether oxygens (including phenoxy) is 1. The Morgan fingerprint density at radius 1 is 0.368 bits per heavy atom. The number of ketones is 2. The van der Waals surface area contributed by atoms with Crippen LogP contribution in [-0.2, 0) is 14.3 Å². The number of aliphatic hydroxyl groups excluding tert-OH is 1. The second kappa shape index (κ2) is 40.7. The average Bonchev–Trinajstić information content (AvgIpc) is 3.21. The van der Waals surface area contributed by atoms with E-state index in [9.17, 15) is 14.7 Å². The Balaban J connectivity index is 2.02. The van der Waals surface area contributed by atoms with Gasteiger partial charge in [0.25, 0.3) is 0 Å². The Hall–Kier alpha value is -2.10. The van der Waals surface area contributed by atoms with Crippen LogP contribution < -0.4 is 0 Å². The molecule has 0 radical (unpaired) electrons. The van der Waals surface area contributed by atoms with Crippen molar-refractivity contribution in [2.24, 2.45) is 0 Å². The van der Waals surface area contributed by atoms with Crippen LogP contribution >= 0.6 is 0 Å². The van der Waals surface area contributed by atoms with E-state index in [1.807, 2.05) is 0 Å². The molecule has 0 amide bonds. The number of unbranched alkanes of at least 4 members (excludes halogenated alkanes) is 34. The Kier molecular flexibility index (Phi) is 37.8. The highest BCUT2D eigenvalue weighted by atomic mass is 16.5. The van der Waals surface area contributed by atoms with Gasteiger partial charge in [0.15, 0.2) is 11.5 Å². The molecule has 0 atom stereocenters. The fourth-order valence-electron chi connectivity index (χ4n) is 8.31. The van der Waals surface area contributed by atoms with Crippen LogP contribution in [0, 0.1) is 0 Å². The summed E-state index contributed by atoms with van der Waals surface area (Å²) in [6, 6.07) is 0. The van der Waals surface area contributed by atoms with Crippen molar-refractivity contribution in [2.45, 2.75) is 271 Å². The molecule has 0 saturated carbocycles. The third-order valence-corrected chi connectivity index (χ3v) is 12.1. The normalized spacial score (nSPS) is 13.7. The van der Waals surface area contributed by atoms with Crippen LogP contribution in [0.5, 0.6) is 0 Å². The zero-order chi connectivity index (χ0) is 41.3. The summed E-state index contributed by atoms with van der Waals surface area (Å²) in [6.07, 6.45) is 59.2. The summed E-state index contributed by atoms with van der Waals surface area (Å²) in [5, 5.41) is 10.7. The molecule has 0 aliphatic heterocycles. The predicted octanol–water partition coefficient (Wildman–Crippen LogP) is 17.6. The first kappa shape index (κ1) is 52.9. The van der Waals surface area contributed by atoms with Crippen molar-refractivity contribution in [2.75, 3.05) is 7.11 Å². The Bertz CT molecular complexity index is 1080. The molecule has 1 aliphatic carbocycles. The van der Waals surface area contributed by atoms with Gasteiger partial charge in [0, 0.05) is 11.1 Å². The van der Waals surface area contributed by atoms with Crippen molar-refractivity contribution in [3.8, 4) is 0 Å². The fourth-order valence-corrected chi connectivity index (χ4v) is 8.31. The minimum absolute atomic E-state index is 0.165. The monoisotopic (exact) mass is 795 g/mol. The second-order valence-electron chi connectivity index (χ2n) is 17.4. The van der Waals surface area contributed by atoms with Crippen LogP contribution in [0.3, 0.4) is 0 Å². The summed E-state index contributed by atoms with van der Waals surface area (Å²) in [7, 11) is 1.48. The second-order valence-corrected chi connectivity index (χ2v) is 17.4. The van der Waals surface area contributed by atoms with Crippen molar-refractivity contribution >= 4 is 11.6 Å². The van der Waals surface area contributed by atoms with Crippen LogP contribution in [0.1, 0.15) is 271 Å². The van der Waals surface area contributed by atoms with Crippen molar-refractivity contribution in [3.63, 3.8) is 0 Å². The quantitative estimate of drug-likeness (QED) is 0.0379. The van der Waals surface area contributed by atoms with E-state index in [-0.39, 0.29) is 22.9 Å². The highest BCUT2D eigenvalue weighted by Gasteiger charge is 2.34. The molecule has 0 fully saturated rings. The minimum atomic E-state index is -0.396. The van der Waals surface area contributed by atoms with Crippen LogP contribution in [0.4, 0.5) is 0 Å². The molecule has 0 aromatic heterocycles. The summed E-state index contributed by atoms with van der Waals surface area (Å²) in [4.78, 5) is 26.3. The average molecular weight is 795 g/mol. The number of allylic oxidation sites excluding steroid dienone is 6. The highest BCUT2D eigenvalue weighted by molar-refractivity contribution is 6.23. The number of rotatable bonds is 43. The van der Waals surface area contributed by atoms with Crippen LogP contribution in [0.25, 0.3) is 0 Å². The molecule has 330 valence electrons. The molecule has 0 unspecified atom stereocenters. The lowest BCUT2D eigenvalue weighted by Crippen LogP contribution is -2.25. The molecular formula is C53H94O4. The number of hydrogen-bond acceptors (Lipinski definition) is 4. The maximum Gasteiger partial charge on any atom is 0.227 e. The number of Topliss-reactive ketones (excluding diaryl/α,β-unsaturated/α-hetero) is 2. The maximum absolute atomic E-state index is 13.2. The summed E-state index contributed by atoms with van der Waals surface area (Å²) >= 11 is 0. The van der Waals surface area contributed by atoms with Gasteiger partial charge in [-0.15, -0.1) is 0 Å². The SMILES string of the molecule is CCCCCCC=CCCCCCCCCCCCCCCCC1=C(O)C(=O)C(CCCCCCCCCCCCCCCC=CCCCCCC)=C(OC)C1=O. The van der Waals surface area contributed by atoms with Gasteiger partial charge >= 0.3 is 0 Å². The molecular weight excluding hydrogens is 701 g/mol. The van der Waals surface area contributed by atoms with E-state index in [0.717, 1.165) is 38.5 Å². The zero-order valence-electron chi connectivity index (χ0n) is 38.3. The third kappa shape index (κ3) is 29.7. The fraction of sp³-hybridized carbons (Fsp3) is 0.811. The molecule has 0 aromatic carbocycles. The molecule has 1 N–H and O–H groups in total. The molecule has 0 aromatic rings. The predicted molar refractivity (Wildman–Crippen MR) is 248 cm³/mol. The van der Waals surface area contributed by atoms with E-state index >= 15 is 0 Å². The molecule has 57 heavy (non-hydrogen) atoms. The zero-order valence-corrected chi connectivity index (χ0v) is 38.3. The van der Waals surface area contributed by atoms with Gasteiger partial charge in [-0.25, -0.2) is 0 Å². The molecule has 0 spiro atoms. The smallest absolute Gasteiger partial charge is 0.227 e. The molecule has 0 saturated heterocycles. The number of methoxy groups -OCH3 is 1. The van der Waals surface area contributed by atoms with Crippen molar-refractivity contribution in [3.05, 3.63) is 47.0 Å². The Labute approximate surface area is 354 Å². The lowest BCUT2D eigenvalue weighted by atomic mass is 9.87. The topological polar surface area (TPSA) is 63.6 Å². The van der Waals surface area contributed by atoms with E-state index in [0.29, 0.717) is 18.4 Å². The lowest BCUT2D eigenvalue weighted by Gasteiger charge is -2.20. The van der Waals surface area contributed by atoms with Gasteiger partial charge in [0.2, 0.25) is 11.6 Å². The molecule has 1 aliphatic rings. The van der Waals surface area contributed by atoms with E-state index < -0.39 is 5.78 Å². The molecule has 4 nitrogen and oxygen atoms in total. The maximum atomic E-state index is 13.2. The van der Waals surface area contributed by atoms with Crippen LogP contribution in [-0.4, -0.2) is 23.8 Å². The number of hydrogen-bond donors (Lipinski definition) is 1. The number of aliphatic hydroxyl groups is 1. The van der Waals surface area contributed by atoms with Crippen LogP contribution in [0.2, 0.25) is 0 Å². The Morgan fingerprint density at radius 3 is 0.930 bits per heavy atom. The molecule has 0 heterocycles. The van der Waals surface area contributed by atoms with Crippen molar-refractivity contribution in [1.29, 1.82) is 0 Å². The van der Waals surface area contributed by atoms with Gasteiger partial charge in [-0.05, 0) is 77.0 Å². The van der Waals surface area contributed by atoms with Crippen LogP contribution in [0.15, 0.2) is 47.0 Å². The molecule has 4 heteroatoms. The van der Waals surface area contributed by atoms with E-state index in [1.165, 1.54) is 213 Å². The highest BCUT2D eigenvalue weighted by Crippen LogP contribution is 2.30. The molecule has 1 rings (SSSR count). The first-order valence-electron chi connectivity index (χ1n) is 25.2. The van der Waals surface area contributed by atoms with Crippen molar-refractivity contribution in [1.82, 2.24) is 0 Å². The summed E-state index contributed by atoms with van der Waals surface area (Å²) < 4.78 is 5.47. The van der Waals surface area contributed by atoms with Crippen molar-refractivity contribution < 1.29 is 19.4 Å². The first-order chi connectivity index (χ1) is 28.1. The lowest BCUT2D eigenvalue weighted by molar-refractivity contribution is -0.120. The number of carbonyl (C=O) groups excluding carboxylic acids is 2. The van der Waals surface area contributed by atoms with Gasteiger partial charge < -0.3 is 9.84 Å². The summed E-state index contributed by atoms with van der Waals surface area (Å²) in [5.41, 5.74) is 0.625. The minimum Gasteiger partial charge on any atom is -0.504 e. The summed E-state index contributed by atoms with van der Waals surface area (Å²) in [5.74, 6) is -0.845. The molecule has 0 bridgehead atoms. The van der Waals surface area contributed by atoms with Gasteiger partial charge in [0.1, 0.15) is 0 Å². The van der Waals surface area contributed by atoms with E-state index in [4.69, 9.17) is 4.74 Å². The van der Waals surface area contributed by atoms with Gasteiger partial charge in [-0.3, -0.25) is 9.59 Å². The van der Waals surface area contributed by atoms with Gasteiger partial charge in [0.05, 0.1) is 7.11 Å². The number of carbonyl (C=O) groups is 2. The van der Waals surface area contributed by atoms with Gasteiger partial charge in [-0.1, -0.05) is 218 Å². The first-order valence-corrected chi connectivity index (χ1v) is 25.2. The third-order valence-electron chi connectivity index (χ3n) is 12.1. The Morgan fingerprint density at radius 2 is 0.632 bits per heavy atom. The van der Waals surface area contributed by atoms with Gasteiger partial charge in [-0.2, -0.15) is 0 Å². The van der Waals surface area contributed by atoms with E-state index in [2.05, 4.69) is 38.2 Å². The largest absolute Gasteiger partial charge is 0.504 e.